The molecule has 0 bridgehead atoms. The smallest absolute Gasteiger partial charge is 0.287 e. The zero-order valence-electron chi connectivity index (χ0n) is 15.6. The first kappa shape index (κ1) is 22.0. The number of furan rings is 1. The zero-order valence-corrected chi connectivity index (χ0v) is 18.0. The van der Waals surface area contributed by atoms with Crippen molar-refractivity contribution in [3.63, 3.8) is 0 Å². The highest BCUT2D eigenvalue weighted by molar-refractivity contribution is 9.10. The largest absolute Gasteiger partial charge is 0.459 e. The summed E-state index contributed by atoms with van der Waals surface area (Å²) in [4.78, 5) is 36.8. The summed E-state index contributed by atoms with van der Waals surface area (Å²) in [6, 6.07) is 7.85. The van der Waals surface area contributed by atoms with Crippen LogP contribution < -0.4 is 16.0 Å². The maximum atomic E-state index is 12.5. The highest BCUT2D eigenvalue weighted by Crippen LogP contribution is 2.19. The number of carbonyl (C=O) groups excluding carboxylic acids is 3. The summed E-state index contributed by atoms with van der Waals surface area (Å²) in [5, 5.41) is 7.98. The monoisotopic (exact) mass is 467 g/mol. The number of hydrogen-bond acceptors (Lipinski definition) is 5. The highest BCUT2D eigenvalue weighted by atomic mass is 79.9. The van der Waals surface area contributed by atoms with Crippen LogP contribution in [0.2, 0.25) is 0 Å². The maximum absolute atomic E-state index is 12.5. The lowest BCUT2D eigenvalue weighted by atomic mass is 10.2. The van der Waals surface area contributed by atoms with Gasteiger partial charge in [-0.25, -0.2) is 0 Å². The summed E-state index contributed by atoms with van der Waals surface area (Å²) >= 11 is 4.93. The Morgan fingerprint density at radius 3 is 2.68 bits per heavy atom. The van der Waals surface area contributed by atoms with Gasteiger partial charge in [0.1, 0.15) is 6.04 Å². The molecule has 3 N–H and O–H groups in total. The Labute approximate surface area is 176 Å². The third kappa shape index (κ3) is 6.72. The van der Waals surface area contributed by atoms with Crippen molar-refractivity contribution in [2.45, 2.75) is 19.4 Å². The number of thioether (sulfide) groups is 1. The van der Waals surface area contributed by atoms with Crippen LogP contribution in [0.1, 0.15) is 22.5 Å². The van der Waals surface area contributed by atoms with Crippen molar-refractivity contribution in [2.24, 2.45) is 0 Å². The predicted molar refractivity (Wildman–Crippen MR) is 113 cm³/mol. The van der Waals surface area contributed by atoms with E-state index in [1.54, 1.807) is 23.9 Å². The summed E-state index contributed by atoms with van der Waals surface area (Å²) < 4.78 is 5.97. The third-order valence-electron chi connectivity index (χ3n) is 3.86. The van der Waals surface area contributed by atoms with Crippen LogP contribution in [0.25, 0.3) is 0 Å². The van der Waals surface area contributed by atoms with Crippen LogP contribution in [0.3, 0.4) is 0 Å². The lowest BCUT2D eigenvalue weighted by Crippen LogP contribution is -2.48. The first-order valence-electron chi connectivity index (χ1n) is 8.57. The van der Waals surface area contributed by atoms with Crippen molar-refractivity contribution in [1.29, 1.82) is 0 Å². The van der Waals surface area contributed by atoms with Crippen LogP contribution in [0, 0.1) is 6.92 Å². The second-order valence-electron chi connectivity index (χ2n) is 6.01. The molecule has 2 aromatic rings. The molecule has 150 valence electrons. The standard InChI is InChI=1S/C19H22BrN3O4S/c1-12-10-13(20)5-6-14(12)22-17(24)11-21-18(25)15(7-9-28-2)23-19(26)16-4-3-8-27-16/h3-6,8,10,15H,7,9,11H2,1-2H3,(H,21,25)(H,22,24)(H,23,26)/t15-/m1/s1. The molecule has 1 heterocycles. The van der Waals surface area contributed by atoms with E-state index >= 15 is 0 Å². The third-order valence-corrected chi connectivity index (χ3v) is 5.00. The number of hydrogen-bond donors (Lipinski definition) is 3. The molecule has 0 saturated carbocycles. The number of anilines is 1. The summed E-state index contributed by atoms with van der Waals surface area (Å²) in [7, 11) is 0. The first-order chi connectivity index (χ1) is 13.4. The Morgan fingerprint density at radius 1 is 1.25 bits per heavy atom. The molecule has 2 rings (SSSR count). The fraction of sp³-hybridized carbons (Fsp3) is 0.316. The lowest BCUT2D eigenvalue weighted by Gasteiger charge is -2.17. The van der Waals surface area contributed by atoms with Crippen molar-refractivity contribution >= 4 is 51.1 Å². The lowest BCUT2D eigenvalue weighted by molar-refractivity contribution is -0.125. The van der Waals surface area contributed by atoms with Crippen molar-refractivity contribution in [3.8, 4) is 0 Å². The molecular weight excluding hydrogens is 446 g/mol. The van der Waals surface area contributed by atoms with Gasteiger partial charge in [-0.15, -0.1) is 0 Å². The number of rotatable bonds is 9. The Kier molecular flexibility index (Phi) is 8.59. The Morgan fingerprint density at radius 2 is 2.04 bits per heavy atom. The van der Waals surface area contributed by atoms with Crippen LogP contribution in [0.4, 0.5) is 5.69 Å². The van der Waals surface area contributed by atoms with Gasteiger partial charge in [-0.3, -0.25) is 14.4 Å². The van der Waals surface area contributed by atoms with Gasteiger partial charge in [0.15, 0.2) is 5.76 Å². The molecule has 1 atom stereocenters. The van der Waals surface area contributed by atoms with Gasteiger partial charge < -0.3 is 20.4 Å². The number of nitrogens with one attached hydrogen (secondary N) is 3. The van der Waals surface area contributed by atoms with E-state index in [-0.39, 0.29) is 18.2 Å². The summed E-state index contributed by atoms with van der Waals surface area (Å²) in [5.74, 6) is -0.427. The van der Waals surface area contributed by atoms with Gasteiger partial charge in [-0.05, 0) is 61.2 Å². The molecule has 0 unspecified atom stereocenters. The minimum Gasteiger partial charge on any atom is -0.459 e. The summed E-state index contributed by atoms with van der Waals surface area (Å²) in [6.45, 7) is 1.68. The van der Waals surface area contributed by atoms with Crippen LogP contribution in [-0.2, 0) is 9.59 Å². The van der Waals surface area contributed by atoms with E-state index < -0.39 is 17.9 Å². The number of amides is 3. The van der Waals surface area contributed by atoms with Crippen LogP contribution >= 0.6 is 27.7 Å². The molecule has 3 amide bonds. The molecule has 7 nitrogen and oxygen atoms in total. The van der Waals surface area contributed by atoms with Gasteiger partial charge >= 0.3 is 0 Å². The Bertz CT molecular complexity index is 827. The predicted octanol–water partition coefficient (Wildman–Crippen LogP) is 2.96. The van der Waals surface area contributed by atoms with E-state index in [0.717, 1.165) is 10.0 Å². The van der Waals surface area contributed by atoms with Crippen molar-refractivity contribution in [1.82, 2.24) is 10.6 Å². The normalized spacial score (nSPS) is 11.5. The first-order valence-corrected chi connectivity index (χ1v) is 10.8. The Hall–Kier alpha value is -2.26. The van der Waals surface area contributed by atoms with Gasteiger partial charge in [0.05, 0.1) is 12.8 Å². The van der Waals surface area contributed by atoms with E-state index in [1.165, 1.54) is 12.3 Å². The van der Waals surface area contributed by atoms with E-state index in [1.807, 2.05) is 25.3 Å². The summed E-state index contributed by atoms with van der Waals surface area (Å²) in [5.41, 5.74) is 1.57. The van der Waals surface area contributed by atoms with Gasteiger partial charge in [-0.1, -0.05) is 15.9 Å². The molecular formula is C19H22BrN3O4S. The van der Waals surface area contributed by atoms with Gasteiger partial charge in [0.25, 0.3) is 5.91 Å². The number of halogens is 1. The van der Waals surface area contributed by atoms with E-state index in [0.29, 0.717) is 17.9 Å². The molecule has 0 saturated heterocycles. The van der Waals surface area contributed by atoms with Crippen molar-refractivity contribution in [2.75, 3.05) is 23.9 Å². The average molecular weight is 468 g/mol. The van der Waals surface area contributed by atoms with E-state index in [9.17, 15) is 14.4 Å². The molecule has 0 aliphatic rings. The maximum Gasteiger partial charge on any atom is 0.287 e. The van der Waals surface area contributed by atoms with Gasteiger partial charge in [0.2, 0.25) is 11.8 Å². The van der Waals surface area contributed by atoms with Crippen LogP contribution in [-0.4, -0.2) is 42.3 Å². The second-order valence-corrected chi connectivity index (χ2v) is 7.91. The van der Waals surface area contributed by atoms with Crippen LogP contribution in [0.15, 0.2) is 45.5 Å². The van der Waals surface area contributed by atoms with E-state index in [4.69, 9.17) is 4.42 Å². The van der Waals surface area contributed by atoms with Gasteiger partial charge in [-0.2, -0.15) is 11.8 Å². The highest BCUT2D eigenvalue weighted by Gasteiger charge is 2.22. The minimum atomic E-state index is -0.757. The molecule has 0 radical (unpaired) electrons. The number of benzene rings is 1. The van der Waals surface area contributed by atoms with Crippen molar-refractivity contribution in [3.05, 3.63) is 52.4 Å². The van der Waals surface area contributed by atoms with E-state index in [2.05, 4.69) is 31.9 Å². The van der Waals surface area contributed by atoms with Crippen LogP contribution in [0.5, 0.6) is 0 Å². The molecule has 0 spiro atoms. The zero-order chi connectivity index (χ0) is 20.5. The Balaban J connectivity index is 1.90. The molecule has 0 fully saturated rings. The van der Waals surface area contributed by atoms with Gasteiger partial charge in [0, 0.05) is 10.2 Å². The fourth-order valence-corrected chi connectivity index (χ4v) is 3.34. The number of aryl methyl sites for hydroxylation is 1. The average Bonchev–Trinajstić information content (AvgIpc) is 3.20. The van der Waals surface area contributed by atoms with Crippen molar-refractivity contribution < 1.29 is 18.8 Å². The fourth-order valence-electron chi connectivity index (χ4n) is 2.39. The molecule has 0 aliphatic carbocycles. The molecule has 1 aromatic heterocycles. The second kappa shape index (κ2) is 10.9. The topological polar surface area (TPSA) is 100 Å². The molecule has 1 aromatic carbocycles. The molecule has 0 aliphatic heterocycles. The summed E-state index contributed by atoms with van der Waals surface area (Å²) in [6.07, 6.45) is 3.74. The minimum absolute atomic E-state index is 0.130. The quantitative estimate of drug-likeness (QED) is 0.526. The molecule has 9 heteroatoms. The molecule has 28 heavy (non-hydrogen) atoms. The number of carbonyl (C=O) groups is 3. The SMILES string of the molecule is CSCC[C@@H](NC(=O)c1ccco1)C(=O)NCC(=O)Nc1ccc(Br)cc1C.